The van der Waals surface area contributed by atoms with Gasteiger partial charge in [-0.1, -0.05) is 182 Å². The summed E-state index contributed by atoms with van der Waals surface area (Å²) in [4.78, 5) is 201. The van der Waals surface area contributed by atoms with Gasteiger partial charge in [-0.3, -0.25) is 94.8 Å². The Morgan fingerprint density at radius 3 is 0.507 bits per heavy atom. The number of nitrogens with one attached hydrogen (secondary N) is 18. The first-order valence-electron chi connectivity index (χ1n) is 50.3. The maximum Gasteiger partial charge on any atom is 0.245 e. The molecule has 148 heavy (non-hydrogen) atoms. The number of carbonyl (C=O) groups is 13. The van der Waals surface area contributed by atoms with Crippen molar-refractivity contribution in [3.8, 4) is 0 Å². The third-order valence-corrected chi connectivity index (χ3v) is 25.4. The van der Waals surface area contributed by atoms with Gasteiger partial charge in [0.1, 0.15) is 36.3 Å². The lowest BCUT2D eigenvalue weighted by Gasteiger charge is -2.35. The van der Waals surface area contributed by atoms with Gasteiger partial charge in [0, 0.05) is 124 Å². The van der Waals surface area contributed by atoms with Crippen LogP contribution in [0.5, 0.6) is 0 Å². The molecule has 32 N–H and O–H groups in total. The summed E-state index contributed by atoms with van der Waals surface area (Å²) in [5.41, 5.74) is 43.7. The van der Waals surface area contributed by atoms with E-state index < -0.39 is 169 Å². The zero-order valence-corrected chi connectivity index (χ0v) is 86.0. The molecule has 12 atom stereocenters. The van der Waals surface area contributed by atoms with Gasteiger partial charge in [0.25, 0.3) is 0 Å². The highest BCUT2D eigenvalue weighted by Crippen LogP contribution is 2.31. The Labute approximate surface area is 866 Å². The van der Waals surface area contributed by atoms with Crippen LogP contribution in [0, 0.1) is 32.5 Å². The molecule has 0 bridgehead atoms. The molecular weight excluding hydrogens is 1890 g/mol. The Morgan fingerprint density at radius 1 is 0.230 bits per heavy atom. The molecule has 0 aliphatic heterocycles. The minimum absolute atomic E-state index is 0.0115. The molecule has 6 aromatic carbocycles. The summed E-state index contributed by atoms with van der Waals surface area (Å²) in [5.74, 6) is -10.0. The number of amides is 13. The molecule has 0 radical (unpaired) electrons. The summed E-state index contributed by atoms with van der Waals surface area (Å²) in [6, 6.07) is 41.9. The predicted octanol–water partition coefficient (Wildman–Crippen LogP) is 3.86. The van der Waals surface area contributed by atoms with E-state index in [4.69, 9.17) is 72.6 Å². The van der Waals surface area contributed by atoms with Crippen molar-refractivity contribution in [2.75, 3.05) is 78.5 Å². The average Bonchev–Trinajstić information content (AvgIpc) is 0.843. The molecule has 0 fully saturated rings. The summed E-state index contributed by atoms with van der Waals surface area (Å²) in [7, 11) is 0. The van der Waals surface area contributed by atoms with E-state index in [0.717, 1.165) is 11.1 Å². The van der Waals surface area contributed by atoms with Crippen molar-refractivity contribution in [3.05, 3.63) is 215 Å². The molecule has 13 amide bonds. The van der Waals surface area contributed by atoms with Crippen molar-refractivity contribution in [1.82, 2.24) is 93.2 Å². The fourth-order valence-electron chi connectivity index (χ4n) is 17.3. The van der Waals surface area contributed by atoms with Crippen molar-refractivity contribution in [2.45, 2.75) is 237 Å². The van der Waals surface area contributed by atoms with Gasteiger partial charge < -0.3 is 133 Å². The number of nitrogens with two attached hydrogens (primary N) is 7. The molecule has 0 unspecified atom stereocenters. The monoisotopic (exact) mass is 2050 g/mol. The van der Waals surface area contributed by atoms with Crippen LogP contribution in [0.1, 0.15) is 234 Å². The molecule has 6 rings (SSSR count). The van der Waals surface area contributed by atoms with Crippen LogP contribution in [-0.2, 0) is 62.3 Å². The number of hydrogen-bond acceptors (Lipinski definition) is 19. The van der Waals surface area contributed by atoms with Crippen molar-refractivity contribution >= 4 is 113 Å². The van der Waals surface area contributed by atoms with Crippen LogP contribution in [0.2, 0.25) is 0 Å². The fraction of sp³-hybridized carbons (Fsp3) is 0.471. The topological polar surface area (TPSA) is 711 Å². The first kappa shape index (κ1) is 121. The smallest absolute Gasteiger partial charge is 0.245 e. The van der Waals surface area contributed by atoms with Crippen molar-refractivity contribution in [2.24, 2.45) is 40.1 Å². The zero-order valence-electron chi connectivity index (χ0n) is 86.0. The van der Waals surface area contributed by atoms with Gasteiger partial charge >= 0.3 is 0 Å². The lowest BCUT2D eigenvalue weighted by atomic mass is 10.0. The van der Waals surface area contributed by atoms with E-state index in [1.54, 1.807) is 187 Å². The number of guanidine groups is 6. The predicted molar refractivity (Wildman–Crippen MR) is 568 cm³/mol. The van der Waals surface area contributed by atoms with E-state index in [0.29, 0.717) is 28.7 Å². The van der Waals surface area contributed by atoms with Gasteiger partial charge in [-0.2, -0.15) is 0 Å². The molecule has 0 saturated carbocycles. The van der Waals surface area contributed by atoms with Crippen LogP contribution in [0.25, 0.3) is 0 Å². The lowest BCUT2D eigenvalue weighted by Crippen LogP contribution is -2.53. The Bertz CT molecular complexity index is 5200. The highest BCUT2D eigenvalue weighted by Gasteiger charge is 2.39. The third-order valence-electron chi connectivity index (χ3n) is 25.4. The first-order chi connectivity index (χ1) is 70.6. The number of nitrogens with zero attached hydrogens (tertiary/aromatic N) is 6. The van der Waals surface area contributed by atoms with E-state index in [-0.39, 0.29) is 204 Å². The number of carbonyl (C=O) groups excluding carboxylic acids is 13. The van der Waals surface area contributed by atoms with Crippen LogP contribution in [0.15, 0.2) is 182 Å². The summed E-state index contributed by atoms with van der Waals surface area (Å²) in [6.45, 7) is 11.2. The fourth-order valence-corrected chi connectivity index (χ4v) is 17.3. The molecule has 44 nitrogen and oxygen atoms in total. The van der Waals surface area contributed by atoms with Gasteiger partial charge in [-0.25, -0.2) is 0 Å². The largest absolute Gasteiger partial charge is 0.370 e. The van der Waals surface area contributed by atoms with E-state index >= 15 is 33.6 Å². The quantitative estimate of drug-likeness (QED) is 0.0146. The van der Waals surface area contributed by atoms with Crippen LogP contribution < -0.4 is 104 Å². The van der Waals surface area contributed by atoms with Crippen LogP contribution in [-0.4, -0.2) is 257 Å². The second-order valence-electron chi connectivity index (χ2n) is 36.4. The van der Waals surface area contributed by atoms with E-state index in [1.807, 2.05) is 36.4 Å². The van der Waals surface area contributed by atoms with E-state index in [2.05, 4.69) is 63.8 Å². The molecule has 44 heteroatoms. The number of rotatable bonds is 66. The van der Waals surface area contributed by atoms with Crippen molar-refractivity contribution in [3.63, 3.8) is 0 Å². The maximum absolute atomic E-state index is 15.9. The first-order valence-corrected chi connectivity index (χ1v) is 50.3. The summed E-state index contributed by atoms with van der Waals surface area (Å²) in [5, 5.41) is 80.9. The lowest BCUT2D eigenvalue weighted by molar-refractivity contribution is -0.142. The molecule has 6 aromatic rings. The molecule has 0 heterocycles. The summed E-state index contributed by atoms with van der Waals surface area (Å²) in [6.07, 6.45) is -0.893. The van der Waals surface area contributed by atoms with Gasteiger partial charge in [-0.15, -0.1) is 0 Å². The van der Waals surface area contributed by atoms with Crippen molar-refractivity contribution in [1.29, 1.82) is 32.5 Å². The summed E-state index contributed by atoms with van der Waals surface area (Å²) >= 11 is 0. The second-order valence-corrected chi connectivity index (χ2v) is 36.4. The minimum atomic E-state index is -1.36. The average molecular weight is 2050 g/mol. The summed E-state index contributed by atoms with van der Waals surface area (Å²) < 4.78 is 0. The van der Waals surface area contributed by atoms with Gasteiger partial charge in [0.15, 0.2) is 35.8 Å². The zero-order chi connectivity index (χ0) is 109. The number of primary amides is 1. The van der Waals surface area contributed by atoms with Crippen LogP contribution in [0.3, 0.4) is 0 Å². The molecule has 0 spiro atoms. The van der Waals surface area contributed by atoms with Gasteiger partial charge in [0.2, 0.25) is 76.8 Å². The second kappa shape index (κ2) is 64.7. The van der Waals surface area contributed by atoms with E-state index in [9.17, 15) is 28.8 Å². The molecule has 804 valence electrons. The normalized spacial score (nSPS) is 13.3. The van der Waals surface area contributed by atoms with Gasteiger partial charge in [0.05, 0.1) is 36.3 Å². The highest BCUT2D eigenvalue weighted by molar-refractivity contribution is 5.94. The standard InChI is InChI=1S/C104H155N31O13/c1-68(75-32-14-8-15-33-75)130(62-50-87(105)137)94(144)82(45-27-57-119-100(108)109)125-89(139)52-64-132(70(3)77-36-18-10-19-37-77)96(146)84(47-29-59-121-102(112)113)127-91(141)54-66-134(72(5)79-40-22-12-23-41-79)98(148)86(49-31-61-123-104(116)117)129-92(142)55-67-135(73(6)80-42-24-13-25-43-80)97(147)85(48-30-60-122-103(114)115)128-90(140)53-65-133(71(4)78-38-20-11-21-39-78)95(145)83(46-28-58-120-101(110)111)126-88(138)51-63-131(69(2)76-34-16-9-17-35-76)93(143)81(124-74(7)136)44-26-56-118-99(106)107/h8-25,32-43,68-73,81-86H,26-31,44-67H2,1-7H3,(H2,105,137)(H,124,136)(H,125,139)(H,126,138)(H,127,141)(H,128,140)(H,129,142)(H4,106,107,118)(H4,108,109,119)(H4,110,111,120)(H4,112,113,121)(H4,114,115,122)(H4,116,117,123)/t68-,69-,70-,71-,72-,73-,81-,82-,83-,84-,85-,86-/m0/s1. The molecule has 0 aliphatic rings. The van der Waals surface area contributed by atoms with Crippen LogP contribution >= 0.6 is 0 Å². The SMILES string of the molecule is CC(=O)N[C@@H](CCCNC(=N)N)C(=O)N(CCC(=O)N[C@@H](CCCNC(=N)N)C(=O)N(CCC(=O)N[C@@H](CCCNC(=N)N)C(=O)N(CCC(=O)N[C@@H](CCCNC(=N)N)C(=O)N(CCC(=O)N[C@@H](CCCNC(=N)N)C(=O)N(CCC(=O)N[C@@H](CCCNC(=N)N)C(=O)N(CCC(N)=O)[C@@H](C)c1ccccc1)[C@@H](C)c1ccccc1)[C@@H](C)c1ccccc1)[C@@H](C)c1ccccc1)[C@@H](C)c1ccccc1)[C@@H](C)c1ccccc1. The van der Waals surface area contributed by atoms with Gasteiger partial charge in [-0.05, 0) is 152 Å². The van der Waals surface area contributed by atoms with E-state index in [1.165, 1.54) is 36.3 Å². The van der Waals surface area contributed by atoms with Crippen LogP contribution in [0.4, 0.5) is 0 Å². The third kappa shape index (κ3) is 43.1. The molecular formula is C104H155N31O13. The number of benzene rings is 6. The maximum atomic E-state index is 15.9. The molecule has 0 aromatic heterocycles. The minimum Gasteiger partial charge on any atom is -0.370 e. The Kier molecular flexibility index (Phi) is 52.8. The highest BCUT2D eigenvalue weighted by atomic mass is 16.2. The Hall–Kier alpha value is -16.0. The Balaban J connectivity index is 1.31. The Morgan fingerprint density at radius 2 is 0.372 bits per heavy atom. The van der Waals surface area contributed by atoms with Crippen molar-refractivity contribution < 1.29 is 62.3 Å². The molecule has 0 saturated heterocycles. The number of hydrogen-bond donors (Lipinski definition) is 25. The molecule has 0 aliphatic carbocycles.